The first-order valence-corrected chi connectivity index (χ1v) is 8.80. The number of nitrogens with zero attached hydrogens (tertiary/aromatic N) is 2. The molecule has 2 aromatic carbocycles. The third kappa shape index (κ3) is 2.59. The molecule has 0 saturated heterocycles. The van der Waals surface area contributed by atoms with E-state index in [1.54, 1.807) is 42.7 Å². The monoisotopic (exact) mass is 345 g/mol. The number of fused-ring (bicyclic) bond motifs is 2. The normalized spacial score (nSPS) is 13.5. The lowest BCUT2D eigenvalue weighted by Gasteiger charge is -2.08. The Labute approximate surface area is 138 Å². The summed E-state index contributed by atoms with van der Waals surface area (Å²) < 4.78 is 39.9. The largest absolute Gasteiger partial charge is 0.454 e. The number of aryl methyl sites for hydroxylation is 1. The lowest BCUT2D eigenvalue weighted by atomic mass is 10.2. The van der Waals surface area contributed by atoms with E-state index in [-0.39, 0.29) is 18.2 Å². The van der Waals surface area contributed by atoms with Crippen molar-refractivity contribution in [3.63, 3.8) is 0 Å². The zero-order valence-corrected chi connectivity index (χ0v) is 13.7. The van der Waals surface area contributed by atoms with E-state index in [2.05, 4.69) is 9.71 Å². The van der Waals surface area contributed by atoms with Gasteiger partial charge in [-0.2, -0.15) is 0 Å². The summed E-state index contributed by atoms with van der Waals surface area (Å²) in [6.07, 6.45) is 1.65. The van der Waals surface area contributed by atoms with E-state index in [9.17, 15) is 8.42 Å². The topological polar surface area (TPSA) is 82.5 Å². The molecule has 0 radical (unpaired) electrons. The highest BCUT2D eigenvalue weighted by molar-refractivity contribution is 7.89. The Kier molecular flexibility index (Phi) is 3.43. The first-order chi connectivity index (χ1) is 11.5. The van der Waals surface area contributed by atoms with E-state index in [4.69, 9.17) is 9.47 Å². The van der Waals surface area contributed by atoms with Gasteiger partial charge < -0.3 is 14.0 Å². The van der Waals surface area contributed by atoms with Gasteiger partial charge >= 0.3 is 0 Å². The van der Waals surface area contributed by atoms with Gasteiger partial charge in [0.25, 0.3) is 0 Å². The highest BCUT2D eigenvalue weighted by atomic mass is 32.2. The average molecular weight is 345 g/mol. The van der Waals surface area contributed by atoms with Gasteiger partial charge in [-0.1, -0.05) is 6.07 Å². The molecule has 0 aliphatic carbocycles. The maximum atomic E-state index is 12.5. The Morgan fingerprint density at radius 3 is 2.88 bits per heavy atom. The minimum absolute atomic E-state index is 0.166. The predicted molar refractivity (Wildman–Crippen MR) is 87.3 cm³/mol. The molecule has 1 aromatic heterocycles. The highest BCUT2D eigenvalue weighted by Crippen LogP contribution is 2.32. The molecule has 124 valence electrons. The lowest BCUT2D eigenvalue weighted by Crippen LogP contribution is -2.23. The average Bonchev–Trinajstić information content (AvgIpc) is 3.19. The van der Waals surface area contributed by atoms with Crippen LogP contribution in [0, 0.1) is 0 Å². The van der Waals surface area contributed by atoms with Crippen LogP contribution >= 0.6 is 0 Å². The molecule has 0 unspecified atom stereocenters. The van der Waals surface area contributed by atoms with Crippen molar-refractivity contribution in [1.29, 1.82) is 0 Å². The van der Waals surface area contributed by atoms with Gasteiger partial charge in [0.15, 0.2) is 11.5 Å². The number of imidazole rings is 1. The third-order valence-corrected chi connectivity index (χ3v) is 5.31. The summed E-state index contributed by atoms with van der Waals surface area (Å²) in [5.41, 5.74) is 2.31. The molecule has 3 aromatic rings. The number of aromatic nitrogens is 2. The number of ether oxygens (including phenoxy) is 2. The summed E-state index contributed by atoms with van der Waals surface area (Å²) in [6, 6.07) is 10.2. The Morgan fingerprint density at radius 1 is 1.17 bits per heavy atom. The van der Waals surface area contributed by atoms with Crippen LogP contribution in [-0.4, -0.2) is 24.8 Å². The van der Waals surface area contributed by atoms with E-state index in [0.717, 1.165) is 11.1 Å². The van der Waals surface area contributed by atoms with Crippen molar-refractivity contribution >= 4 is 21.1 Å². The summed E-state index contributed by atoms with van der Waals surface area (Å²) in [5, 5.41) is 0. The van der Waals surface area contributed by atoms with E-state index < -0.39 is 10.0 Å². The minimum atomic E-state index is -3.63. The maximum Gasteiger partial charge on any atom is 0.240 e. The van der Waals surface area contributed by atoms with Crippen LogP contribution in [0.5, 0.6) is 11.5 Å². The number of hydrogen-bond donors (Lipinski definition) is 1. The lowest BCUT2D eigenvalue weighted by molar-refractivity contribution is 0.174. The van der Waals surface area contributed by atoms with E-state index in [0.29, 0.717) is 17.0 Å². The summed E-state index contributed by atoms with van der Waals surface area (Å²) in [4.78, 5) is 4.38. The second-order valence-electron chi connectivity index (χ2n) is 5.52. The van der Waals surface area contributed by atoms with Gasteiger partial charge in [-0.05, 0) is 35.9 Å². The van der Waals surface area contributed by atoms with Crippen molar-refractivity contribution in [3.05, 3.63) is 48.3 Å². The zero-order chi connectivity index (χ0) is 16.7. The SMILES string of the molecule is Cn1cnc2cc(S(=O)(=O)NCc3ccc4c(c3)OCO4)ccc21. The molecule has 4 rings (SSSR count). The number of hydrogen-bond acceptors (Lipinski definition) is 5. The molecule has 8 heteroatoms. The highest BCUT2D eigenvalue weighted by Gasteiger charge is 2.17. The van der Waals surface area contributed by atoms with Crippen molar-refractivity contribution in [2.45, 2.75) is 11.4 Å². The van der Waals surface area contributed by atoms with Crippen LogP contribution in [0.1, 0.15) is 5.56 Å². The molecule has 1 aliphatic rings. The van der Waals surface area contributed by atoms with Crippen LogP contribution in [0.25, 0.3) is 11.0 Å². The van der Waals surface area contributed by atoms with E-state index in [1.807, 2.05) is 11.6 Å². The quantitative estimate of drug-likeness (QED) is 0.779. The van der Waals surface area contributed by atoms with Gasteiger partial charge in [0.1, 0.15) is 0 Å². The Bertz CT molecular complexity index is 1030. The first kappa shape index (κ1) is 15.0. The molecule has 0 atom stereocenters. The molecule has 0 saturated carbocycles. The second kappa shape index (κ2) is 5.50. The fourth-order valence-electron chi connectivity index (χ4n) is 2.60. The summed E-state index contributed by atoms with van der Waals surface area (Å²) in [5.74, 6) is 1.30. The smallest absolute Gasteiger partial charge is 0.240 e. The standard InChI is InChI=1S/C16H15N3O4S/c1-19-9-17-13-7-12(3-4-14(13)19)24(20,21)18-8-11-2-5-15-16(6-11)23-10-22-15/h2-7,9,18H,8,10H2,1H3. The molecular weight excluding hydrogens is 330 g/mol. The van der Waals surface area contributed by atoms with E-state index in [1.165, 1.54) is 0 Å². The predicted octanol–water partition coefficient (Wildman–Crippen LogP) is 1.78. The molecule has 0 spiro atoms. The van der Waals surface area contributed by atoms with Gasteiger partial charge in [0.2, 0.25) is 16.8 Å². The Morgan fingerprint density at radius 2 is 2.00 bits per heavy atom. The number of benzene rings is 2. The zero-order valence-electron chi connectivity index (χ0n) is 12.9. The van der Waals surface area contributed by atoms with Crippen LogP contribution in [0.4, 0.5) is 0 Å². The first-order valence-electron chi connectivity index (χ1n) is 7.32. The van der Waals surface area contributed by atoms with Crippen LogP contribution in [0.15, 0.2) is 47.6 Å². The van der Waals surface area contributed by atoms with Gasteiger partial charge in [0.05, 0.1) is 22.3 Å². The molecule has 1 aliphatic heterocycles. The molecule has 7 nitrogen and oxygen atoms in total. The van der Waals surface area contributed by atoms with Gasteiger partial charge in [-0.25, -0.2) is 18.1 Å². The summed E-state index contributed by atoms with van der Waals surface area (Å²) in [7, 11) is -1.76. The van der Waals surface area contributed by atoms with Crippen molar-refractivity contribution in [1.82, 2.24) is 14.3 Å². The van der Waals surface area contributed by atoms with Crippen molar-refractivity contribution in [2.75, 3.05) is 6.79 Å². The molecule has 0 bridgehead atoms. The van der Waals surface area contributed by atoms with Gasteiger partial charge in [0, 0.05) is 13.6 Å². The molecule has 0 amide bonds. The number of nitrogens with one attached hydrogen (secondary N) is 1. The fourth-order valence-corrected chi connectivity index (χ4v) is 3.63. The summed E-state index contributed by atoms with van der Waals surface area (Å²) >= 11 is 0. The molecule has 0 fully saturated rings. The second-order valence-corrected chi connectivity index (χ2v) is 7.29. The fraction of sp³-hybridized carbons (Fsp3) is 0.188. The minimum Gasteiger partial charge on any atom is -0.454 e. The van der Waals surface area contributed by atoms with Crippen molar-refractivity contribution in [2.24, 2.45) is 7.05 Å². The van der Waals surface area contributed by atoms with Gasteiger partial charge in [-0.15, -0.1) is 0 Å². The maximum absolute atomic E-state index is 12.5. The third-order valence-electron chi connectivity index (χ3n) is 3.91. The van der Waals surface area contributed by atoms with Crippen LogP contribution in [-0.2, 0) is 23.6 Å². The number of sulfonamides is 1. The van der Waals surface area contributed by atoms with Gasteiger partial charge in [-0.3, -0.25) is 0 Å². The number of rotatable bonds is 4. The Balaban J connectivity index is 1.55. The molecule has 24 heavy (non-hydrogen) atoms. The molecule has 1 N–H and O–H groups in total. The molecule has 2 heterocycles. The van der Waals surface area contributed by atoms with Crippen LogP contribution < -0.4 is 14.2 Å². The van der Waals surface area contributed by atoms with Crippen LogP contribution in [0.2, 0.25) is 0 Å². The van der Waals surface area contributed by atoms with Crippen molar-refractivity contribution in [3.8, 4) is 11.5 Å². The Hall–Kier alpha value is -2.58. The molecular formula is C16H15N3O4S. The van der Waals surface area contributed by atoms with Crippen molar-refractivity contribution < 1.29 is 17.9 Å². The summed E-state index contributed by atoms with van der Waals surface area (Å²) in [6.45, 7) is 0.355. The van der Waals surface area contributed by atoms with Crippen LogP contribution in [0.3, 0.4) is 0 Å². The van der Waals surface area contributed by atoms with E-state index >= 15 is 0 Å².